The van der Waals surface area contributed by atoms with Crippen LogP contribution in [0.15, 0.2) is 70.9 Å². The van der Waals surface area contributed by atoms with Crippen LogP contribution in [-0.2, 0) is 24.0 Å². The highest BCUT2D eigenvalue weighted by Crippen LogP contribution is 2.24. The van der Waals surface area contributed by atoms with Gasteiger partial charge in [-0.3, -0.25) is 28.9 Å². The zero-order chi connectivity index (χ0) is 30.6. The molecule has 42 heavy (non-hydrogen) atoms. The number of hydrogen-bond acceptors (Lipinski definition) is 9. The van der Waals surface area contributed by atoms with E-state index in [2.05, 4.69) is 15.5 Å². The fourth-order valence-electron chi connectivity index (χ4n) is 4.28. The minimum Gasteiger partial charge on any atom is -0.481 e. The number of likely N-dealkylation sites (N-methyl/N-ethyl adjacent to an activating group) is 1. The van der Waals surface area contributed by atoms with Crippen molar-refractivity contribution in [3.63, 3.8) is 0 Å². The molecule has 1 heterocycles. The molecule has 0 saturated carbocycles. The van der Waals surface area contributed by atoms with Crippen LogP contribution in [0.25, 0.3) is 0 Å². The first-order valence-electron chi connectivity index (χ1n) is 13.5. The highest BCUT2D eigenvalue weighted by Gasteiger charge is 2.25. The molecule has 2 aromatic rings. The van der Waals surface area contributed by atoms with Crippen molar-refractivity contribution in [2.24, 2.45) is 21.9 Å². The average Bonchev–Trinajstić information content (AvgIpc) is 3.29. The predicted octanol–water partition coefficient (Wildman–Crippen LogP) is 3.46. The number of nitrogens with two attached hydrogens (primary N) is 1. The lowest BCUT2D eigenvalue weighted by atomic mass is 9.94. The van der Waals surface area contributed by atoms with E-state index in [9.17, 15) is 29.1 Å². The standard InChI is InChI=1S/C29H34N6O7/c1-2-34(16-17-35-26(37)14-15-27(35)38)23-12-10-22(11-13-23)33-32-21-8-6-20(7-9-21)31-25(36)5-3-4-19(28(39)40)18-24(30)29(41)42/h6-15,19,24H,2-5,16-18,30H2,1H3,(H,31,36)(H,39,40)(H,41,42)/b33-32+/t19-,24?/m1/s1. The number of benzene rings is 2. The molecule has 0 spiro atoms. The molecule has 1 aliphatic heterocycles. The fraction of sp³-hybridized carbons (Fsp3) is 0.345. The number of hydrogen-bond donors (Lipinski definition) is 4. The summed E-state index contributed by atoms with van der Waals surface area (Å²) >= 11 is 0. The van der Waals surface area contributed by atoms with Crippen LogP contribution >= 0.6 is 0 Å². The van der Waals surface area contributed by atoms with Crippen LogP contribution in [0, 0.1) is 5.92 Å². The summed E-state index contributed by atoms with van der Waals surface area (Å²) in [5, 5.41) is 29.4. The Bertz CT molecular complexity index is 1320. The lowest BCUT2D eigenvalue weighted by Crippen LogP contribution is -2.38. The maximum Gasteiger partial charge on any atom is 0.320 e. The van der Waals surface area contributed by atoms with E-state index in [0.29, 0.717) is 36.7 Å². The molecule has 0 bridgehead atoms. The van der Waals surface area contributed by atoms with Crippen LogP contribution in [-0.4, -0.2) is 70.4 Å². The lowest BCUT2D eigenvalue weighted by Gasteiger charge is -2.25. The van der Waals surface area contributed by atoms with Crippen LogP contribution < -0.4 is 16.0 Å². The Morgan fingerprint density at radius 1 is 0.929 bits per heavy atom. The number of azo groups is 1. The van der Waals surface area contributed by atoms with E-state index >= 15 is 0 Å². The molecule has 13 nitrogen and oxygen atoms in total. The van der Waals surface area contributed by atoms with Crippen LogP contribution in [0.3, 0.4) is 0 Å². The van der Waals surface area contributed by atoms with Gasteiger partial charge in [0.15, 0.2) is 0 Å². The summed E-state index contributed by atoms with van der Waals surface area (Å²) < 4.78 is 0. The molecule has 0 aromatic heterocycles. The maximum absolute atomic E-state index is 12.3. The number of rotatable bonds is 16. The third-order valence-corrected chi connectivity index (χ3v) is 6.68. The Labute approximate surface area is 242 Å². The van der Waals surface area contributed by atoms with Crippen LogP contribution in [0.5, 0.6) is 0 Å². The highest BCUT2D eigenvalue weighted by atomic mass is 16.4. The third kappa shape index (κ3) is 9.34. The molecule has 5 N–H and O–H groups in total. The van der Waals surface area contributed by atoms with Gasteiger partial charge in [-0.05, 0) is 74.7 Å². The van der Waals surface area contributed by atoms with Crippen molar-refractivity contribution < 1.29 is 34.2 Å². The fourth-order valence-corrected chi connectivity index (χ4v) is 4.28. The Kier molecular flexibility index (Phi) is 11.4. The molecule has 3 amide bonds. The Morgan fingerprint density at radius 2 is 1.50 bits per heavy atom. The highest BCUT2D eigenvalue weighted by molar-refractivity contribution is 6.12. The van der Waals surface area contributed by atoms with Crippen molar-refractivity contribution in [3.05, 3.63) is 60.7 Å². The molecule has 1 aliphatic rings. The predicted molar refractivity (Wildman–Crippen MR) is 155 cm³/mol. The van der Waals surface area contributed by atoms with Crippen molar-refractivity contribution in [2.75, 3.05) is 29.9 Å². The molecular formula is C29H34N6O7. The summed E-state index contributed by atoms with van der Waals surface area (Å²) in [4.78, 5) is 61.3. The third-order valence-electron chi connectivity index (χ3n) is 6.68. The zero-order valence-electron chi connectivity index (χ0n) is 23.2. The zero-order valence-corrected chi connectivity index (χ0v) is 23.2. The molecule has 1 unspecified atom stereocenters. The van der Waals surface area contributed by atoms with Gasteiger partial charge < -0.3 is 26.2 Å². The molecule has 222 valence electrons. The molecule has 0 saturated heterocycles. The average molecular weight is 579 g/mol. The van der Waals surface area contributed by atoms with E-state index < -0.39 is 23.9 Å². The Hall–Kier alpha value is -4.91. The second kappa shape index (κ2) is 15.2. The second-order valence-electron chi connectivity index (χ2n) is 9.66. The summed E-state index contributed by atoms with van der Waals surface area (Å²) in [5.74, 6) is -4.24. The lowest BCUT2D eigenvalue weighted by molar-refractivity contribution is -0.144. The number of aliphatic carboxylic acids is 2. The van der Waals surface area contributed by atoms with Gasteiger partial charge in [0.2, 0.25) is 5.91 Å². The number of carbonyl (C=O) groups is 5. The monoisotopic (exact) mass is 578 g/mol. The largest absolute Gasteiger partial charge is 0.481 e. The number of imide groups is 1. The molecule has 2 aromatic carbocycles. The first kappa shape index (κ1) is 31.6. The van der Waals surface area contributed by atoms with Gasteiger partial charge in [0.05, 0.1) is 17.3 Å². The smallest absolute Gasteiger partial charge is 0.320 e. The molecule has 2 atom stereocenters. The first-order chi connectivity index (χ1) is 20.1. The van der Waals surface area contributed by atoms with Crippen molar-refractivity contribution >= 4 is 52.4 Å². The van der Waals surface area contributed by atoms with Gasteiger partial charge >= 0.3 is 11.9 Å². The van der Waals surface area contributed by atoms with Gasteiger partial charge in [0, 0.05) is 49.6 Å². The number of anilines is 2. The van der Waals surface area contributed by atoms with Crippen molar-refractivity contribution in [3.8, 4) is 0 Å². The van der Waals surface area contributed by atoms with Crippen molar-refractivity contribution in [1.82, 2.24) is 4.90 Å². The maximum atomic E-state index is 12.3. The summed E-state index contributed by atoms with van der Waals surface area (Å²) in [6, 6.07) is 12.9. The van der Waals surface area contributed by atoms with Gasteiger partial charge in [-0.25, -0.2) is 0 Å². The van der Waals surface area contributed by atoms with Gasteiger partial charge in [-0.2, -0.15) is 10.2 Å². The van der Waals surface area contributed by atoms with E-state index in [1.165, 1.54) is 17.1 Å². The number of nitrogens with one attached hydrogen (secondary N) is 1. The second-order valence-corrected chi connectivity index (χ2v) is 9.66. The number of amides is 3. The van der Waals surface area contributed by atoms with Crippen LogP contribution in [0.1, 0.15) is 32.6 Å². The van der Waals surface area contributed by atoms with E-state index in [1.807, 2.05) is 36.1 Å². The number of nitrogens with zero attached hydrogens (tertiary/aromatic N) is 4. The van der Waals surface area contributed by atoms with E-state index in [0.717, 1.165) is 5.69 Å². The van der Waals surface area contributed by atoms with Crippen molar-refractivity contribution in [2.45, 2.75) is 38.6 Å². The minimum atomic E-state index is -1.27. The molecule has 13 heteroatoms. The quantitative estimate of drug-likeness (QED) is 0.170. The number of carbonyl (C=O) groups excluding carboxylic acids is 3. The van der Waals surface area contributed by atoms with E-state index in [4.69, 9.17) is 10.8 Å². The first-order valence-corrected chi connectivity index (χ1v) is 13.5. The minimum absolute atomic E-state index is 0.0741. The Balaban J connectivity index is 1.46. The van der Waals surface area contributed by atoms with Gasteiger partial charge in [0.25, 0.3) is 11.8 Å². The van der Waals surface area contributed by atoms with Gasteiger partial charge in [-0.15, -0.1) is 0 Å². The summed E-state index contributed by atoms with van der Waals surface area (Å²) in [7, 11) is 0. The summed E-state index contributed by atoms with van der Waals surface area (Å²) in [6.45, 7) is 3.48. The molecule has 0 radical (unpaired) electrons. The molecule has 0 fully saturated rings. The number of carboxylic acid groups (broad SMARTS) is 2. The van der Waals surface area contributed by atoms with Crippen LogP contribution in [0.4, 0.5) is 22.7 Å². The number of carboxylic acids is 2. The Morgan fingerprint density at radius 3 is 2.02 bits per heavy atom. The van der Waals surface area contributed by atoms with E-state index in [1.54, 1.807) is 24.3 Å². The van der Waals surface area contributed by atoms with Crippen LogP contribution in [0.2, 0.25) is 0 Å². The molecule has 0 aliphatic carbocycles. The molecule has 3 rings (SSSR count). The van der Waals surface area contributed by atoms with Crippen molar-refractivity contribution in [1.29, 1.82) is 0 Å². The summed E-state index contributed by atoms with van der Waals surface area (Å²) in [5.41, 5.74) is 8.10. The summed E-state index contributed by atoms with van der Waals surface area (Å²) in [6.07, 6.45) is 2.83. The normalized spacial score (nSPS) is 14.3. The van der Waals surface area contributed by atoms with E-state index in [-0.39, 0.29) is 43.4 Å². The SMILES string of the molecule is CCN(CCN1C(=O)C=CC1=O)c1ccc(/N=N/c2ccc(NC(=O)CCC[C@H](CC(N)C(=O)O)C(=O)O)cc2)cc1. The topological polar surface area (TPSA) is 195 Å². The van der Waals surface area contributed by atoms with Gasteiger partial charge in [0.1, 0.15) is 6.04 Å². The van der Waals surface area contributed by atoms with Gasteiger partial charge in [-0.1, -0.05) is 0 Å². The molecular weight excluding hydrogens is 544 g/mol.